The van der Waals surface area contributed by atoms with E-state index in [2.05, 4.69) is 56.3 Å². The quantitative estimate of drug-likeness (QED) is 0.581. The van der Waals surface area contributed by atoms with Crippen molar-refractivity contribution in [2.24, 2.45) is 5.92 Å². The Balaban J connectivity index is 1.56. The summed E-state index contributed by atoms with van der Waals surface area (Å²) in [5, 5.41) is 19.6. The Bertz CT molecular complexity index is 1080. The molecule has 0 spiro atoms. The molecule has 0 radical (unpaired) electrons. The first-order valence-electron chi connectivity index (χ1n) is 10.7. The van der Waals surface area contributed by atoms with E-state index in [0.717, 1.165) is 17.7 Å². The molecule has 1 aliphatic heterocycles. The molecule has 4 rings (SSSR count). The summed E-state index contributed by atoms with van der Waals surface area (Å²) in [6, 6.07) is 20.5. The van der Waals surface area contributed by atoms with Gasteiger partial charge in [-0.3, -0.25) is 4.79 Å². The Kier molecular flexibility index (Phi) is 5.84. The second-order valence-corrected chi connectivity index (χ2v) is 8.54. The van der Waals surface area contributed by atoms with Gasteiger partial charge in [-0.2, -0.15) is 0 Å². The van der Waals surface area contributed by atoms with Crippen LogP contribution in [0.25, 0.3) is 11.1 Å². The number of aliphatic carboxylic acids is 1. The maximum Gasteiger partial charge on any atom is 0.309 e. The maximum absolute atomic E-state index is 11.2. The van der Waals surface area contributed by atoms with Crippen LogP contribution in [0.1, 0.15) is 46.8 Å². The van der Waals surface area contributed by atoms with E-state index >= 15 is 0 Å². The average molecular weight is 417 g/mol. The largest absolute Gasteiger partial charge is 0.493 e. The molecule has 2 N–H and O–H groups in total. The SMILES string of the molecule is Cc1cccc(C)c1-c1ccc(C2COc3ccc([C@H](O)C(C)C(=O)O)cc3C2)cc1. The zero-order chi connectivity index (χ0) is 22.1. The van der Waals surface area contributed by atoms with Gasteiger partial charge in [0.25, 0.3) is 0 Å². The molecule has 4 heteroatoms. The fraction of sp³-hybridized carbons (Fsp3) is 0.296. The molecule has 1 aliphatic rings. The first-order valence-corrected chi connectivity index (χ1v) is 10.7. The zero-order valence-corrected chi connectivity index (χ0v) is 18.1. The van der Waals surface area contributed by atoms with Crippen molar-refractivity contribution in [2.45, 2.75) is 39.2 Å². The molecule has 31 heavy (non-hydrogen) atoms. The minimum atomic E-state index is -1.04. The van der Waals surface area contributed by atoms with Gasteiger partial charge in [0.2, 0.25) is 0 Å². The number of aliphatic hydroxyl groups excluding tert-OH is 1. The summed E-state index contributed by atoms with van der Waals surface area (Å²) in [6.07, 6.45) is -0.250. The van der Waals surface area contributed by atoms with Crippen LogP contribution in [-0.4, -0.2) is 22.8 Å². The average Bonchev–Trinajstić information content (AvgIpc) is 2.77. The van der Waals surface area contributed by atoms with Crippen molar-refractivity contribution >= 4 is 5.97 Å². The summed E-state index contributed by atoms with van der Waals surface area (Å²) in [6.45, 7) is 6.39. The predicted octanol–water partition coefficient (Wildman–Crippen LogP) is 5.44. The van der Waals surface area contributed by atoms with Gasteiger partial charge in [-0.05, 0) is 78.3 Å². The highest BCUT2D eigenvalue weighted by Crippen LogP contribution is 2.36. The summed E-state index contributed by atoms with van der Waals surface area (Å²) in [5.41, 5.74) is 7.86. The molecule has 0 bridgehead atoms. The smallest absolute Gasteiger partial charge is 0.309 e. The molecule has 0 saturated carbocycles. The molecule has 0 aromatic heterocycles. The van der Waals surface area contributed by atoms with E-state index in [0.29, 0.717) is 12.2 Å². The molecule has 0 fully saturated rings. The summed E-state index contributed by atoms with van der Waals surface area (Å²) >= 11 is 0. The summed E-state index contributed by atoms with van der Waals surface area (Å²) in [4.78, 5) is 11.2. The number of ether oxygens (including phenoxy) is 1. The fourth-order valence-corrected chi connectivity index (χ4v) is 4.43. The number of carbonyl (C=O) groups is 1. The first-order chi connectivity index (χ1) is 14.8. The van der Waals surface area contributed by atoms with Crippen molar-refractivity contribution in [3.8, 4) is 16.9 Å². The second-order valence-electron chi connectivity index (χ2n) is 8.54. The molecule has 0 aliphatic carbocycles. The highest BCUT2D eigenvalue weighted by molar-refractivity contribution is 5.71. The van der Waals surface area contributed by atoms with Gasteiger partial charge in [0.05, 0.1) is 18.6 Å². The van der Waals surface area contributed by atoms with Gasteiger partial charge in [0, 0.05) is 5.92 Å². The minimum Gasteiger partial charge on any atom is -0.493 e. The van der Waals surface area contributed by atoms with E-state index in [4.69, 9.17) is 4.74 Å². The number of aryl methyl sites for hydroxylation is 2. The lowest BCUT2D eigenvalue weighted by molar-refractivity contribution is -0.145. The van der Waals surface area contributed by atoms with Gasteiger partial charge in [0.1, 0.15) is 5.75 Å². The lowest BCUT2D eigenvalue weighted by Gasteiger charge is -2.27. The number of carboxylic acids is 1. The highest BCUT2D eigenvalue weighted by Gasteiger charge is 2.26. The molecule has 3 atom stereocenters. The summed E-state index contributed by atoms with van der Waals surface area (Å²) in [5.74, 6) is -0.856. The van der Waals surface area contributed by atoms with E-state index in [1.165, 1.54) is 34.7 Å². The van der Waals surface area contributed by atoms with Crippen LogP contribution in [0.4, 0.5) is 0 Å². The van der Waals surface area contributed by atoms with Crippen LogP contribution in [0.3, 0.4) is 0 Å². The molecule has 2 unspecified atom stereocenters. The Morgan fingerprint density at radius 2 is 1.71 bits per heavy atom. The molecule has 3 aromatic rings. The number of benzene rings is 3. The number of hydrogen-bond donors (Lipinski definition) is 2. The Morgan fingerprint density at radius 3 is 2.35 bits per heavy atom. The Morgan fingerprint density at radius 1 is 1.03 bits per heavy atom. The molecule has 4 nitrogen and oxygen atoms in total. The highest BCUT2D eigenvalue weighted by atomic mass is 16.5. The number of hydrogen-bond acceptors (Lipinski definition) is 3. The summed E-state index contributed by atoms with van der Waals surface area (Å²) < 4.78 is 5.99. The monoisotopic (exact) mass is 416 g/mol. The van der Waals surface area contributed by atoms with E-state index in [9.17, 15) is 15.0 Å². The zero-order valence-electron chi connectivity index (χ0n) is 18.1. The van der Waals surface area contributed by atoms with Crippen LogP contribution in [-0.2, 0) is 11.2 Å². The fourth-order valence-electron chi connectivity index (χ4n) is 4.43. The van der Waals surface area contributed by atoms with Gasteiger partial charge >= 0.3 is 5.97 Å². The molecule has 160 valence electrons. The molecular weight excluding hydrogens is 388 g/mol. The summed E-state index contributed by atoms with van der Waals surface area (Å²) in [7, 11) is 0. The van der Waals surface area contributed by atoms with Crippen molar-refractivity contribution in [2.75, 3.05) is 6.61 Å². The lowest BCUT2D eigenvalue weighted by Crippen LogP contribution is -2.21. The predicted molar refractivity (Wildman–Crippen MR) is 121 cm³/mol. The van der Waals surface area contributed by atoms with Gasteiger partial charge in [-0.1, -0.05) is 48.5 Å². The van der Waals surface area contributed by atoms with Crippen molar-refractivity contribution in [1.29, 1.82) is 0 Å². The second kappa shape index (κ2) is 8.56. The van der Waals surface area contributed by atoms with Gasteiger partial charge < -0.3 is 14.9 Å². The number of fused-ring (bicyclic) bond motifs is 1. The van der Waals surface area contributed by atoms with E-state index in [-0.39, 0.29) is 5.92 Å². The van der Waals surface area contributed by atoms with Crippen molar-refractivity contribution in [3.63, 3.8) is 0 Å². The normalized spacial score (nSPS) is 17.4. The van der Waals surface area contributed by atoms with Crippen molar-refractivity contribution < 1.29 is 19.7 Å². The molecule has 0 amide bonds. The lowest BCUT2D eigenvalue weighted by atomic mass is 9.87. The van der Waals surface area contributed by atoms with Crippen LogP contribution < -0.4 is 4.74 Å². The third-order valence-corrected chi connectivity index (χ3v) is 6.35. The Labute approximate surface area is 183 Å². The third-order valence-electron chi connectivity index (χ3n) is 6.35. The maximum atomic E-state index is 11.2. The molecule has 1 heterocycles. The standard InChI is InChI=1S/C27H28O4/c1-16-5-4-6-17(2)25(16)20-9-7-19(8-10-20)23-14-22-13-21(11-12-24(22)31-15-23)26(28)18(3)27(29)30/h4-13,18,23,26,28H,14-15H2,1-3H3,(H,29,30)/t18?,23?,26-/m1/s1. The van der Waals surface area contributed by atoms with Crippen LogP contribution in [0.5, 0.6) is 5.75 Å². The van der Waals surface area contributed by atoms with Crippen molar-refractivity contribution in [1.82, 2.24) is 0 Å². The number of carboxylic acid groups (broad SMARTS) is 1. The topological polar surface area (TPSA) is 66.8 Å². The number of aliphatic hydroxyl groups is 1. The number of rotatable bonds is 5. The van der Waals surface area contributed by atoms with Gasteiger partial charge in [-0.25, -0.2) is 0 Å². The Hall–Kier alpha value is -3.11. The van der Waals surface area contributed by atoms with Gasteiger partial charge in [0.15, 0.2) is 0 Å². The van der Waals surface area contributed by atoms with Crippen LogP contribution in [0.2, 0.25) is 0 Å². The molecule has 0 saturated heterocycles. The van der Waals surface area contributed by atoms with Crippen LogP contribution in [0, 0.1) is 19.8 Å². The third kappa shape index (κ3) is 4.21. The van der Waals surface area contributed by atoms with Gasteiger partial charge in [-0.15, -0.1) is 0 Å². The van der Waals surface area contributed by atoms with Crippen LogP contribution in [0.15, 0.2) is 60.7 Å². The van der Waals surface area contributed by atoms with E-state index in [1.807, 2.05) is 12.1 Å². The van der Waals surface area contributed by atoms with Crippen LogP contribution >= 0.6 is 0 Å². The first kappa shape index (κ1) is 21.1. The van der Waals surface area contributed by atoms with Crippen molar-refractivity contribution in [3.05, 3.63) is 88.5 Å². The molecular formula is C27H28O4. The van der Waals surface area contributed by atoms with E-state index < -0.39 is 18.0 Å². The minimum absolute atomic E-state index is 0.212. The van der Waals surface area contributed by atoms with E-state index in [1.54, 1.807) is 6.07 Å². The molecule has 3 aromatic carbocycles.